The summed E-state index contributed by atoms with van der Waals surface area (Å²) in [6.07, 6.45) is 0. The molecule has 8 heteroatoms. The molecular weight excluding hydrogens is 442 g/mol. The maximum atomic E-state index is 12.5. The van der Waals surface area contributed by atoms with Gasteiger partial charge in [0.2, 0.25) is 0 Å². The van der Waals surface area contributed by atoms with Crippen molar-refractivity contribution in [3.63, 3.8) is 0 Å². The molecule has 0 radical (unpaired) electrons. The number of likely N-dealkylation sites (N-methyl/N-ethyl adjacent to an activating group) is 1. The molecule has 1 atom stereocenters. The highest BCUT2D eigenvalue weighted by molar-refractivity contribution is 9.10. The fourth-order valence-corrected chi connectivity index (χ4v) is 4.18. The van der Waals surface area contributed by atoms with E-state index < -0.39 is 10.0 Å². The van der Waals surface area contributed by atoms with Gasteiger partial charge < -0.3 is 5.32 Å². The van der Waals surface area contributed by atoms with Crippen LogP contribution in [0.15, 0.2) is 57.9 Å². The summed E-state index contributed by atoms with van der Waals surface area (Å²) in [5.41, 5.74) is 0.745. The van der Waals surface area contributed by atoms with Crippen LogP contribution in [0.25, 0.3) is 0 Å². The van der Waals surface area contributed by atoms with Crippen molar-refractivity contribution in [1.29, 1.82) is 0 Å². The molecule has 0 aliphatic heterocycles. The molecule has 0 saturated carbocycles. The van der Waals surface area contributed by atoms with Crippen molar-refractivity contribution in [3.8, 4) is 0 Å². The zero-order chi connectivity index (χ0) is 20.7. The number of nitrogens with one attached hydrogen (secondary N) is 2. The van der Waals surface area contributed by atoms with Gasteiger partial charge in [-0.2, -0.15) is 0 Å². The van der Waals surface area contributed by atoms with Gasteiger partial charge in [0.15, 0.2) is 0 Å². The van der Waals surface area contributed by atoms with E-state index in [0.717, 1.165) is 17.6 Å². The van der Waals surface area contributed by atoms with Crippen molar-refractivity contribution < 1.29 is 13.2 Å². The van der Waals surface area contributed by atoms with E-state index in [2.05, 4.69) is 51.6 Å². The summed E-state index contributed by atoms with van der Waals surface area (Å²) in [6.45, 7) is 8.60. The summed E-state index contributed by atoms with van der Waals surface area (Å²) >= 11 is 3.28. The number of rotatable bonds is 9. The summed E-state index contributed by atoms with van der Waals surface area (Å²) in [5, 5.41) is 2.91. The first-order chi connectivity index (χ1) is 13.3. The highest BCUT2D eigenvalue weighted by Gasteiger charge is 2.16. The largest absolute Gasteiger partial charge is 0.350 e. The average molecular weight is 468 g/mol. The number of anilines is 1. The zero-order valence-corrected chi connectivity index (χ0v) is 18.7. The normalized spacial score (nSPS) is 12.6. The van der Waals surface area contributed by atoms with E-state index >= 15 is 0 Å². The summed E-state index contributed by atoms with van der Waals surface area (Å²) in [6, 6.07) is 13.0. The Hall–Kier alpha value is -1.90. The molecule has 1 amide bonds. The first kappa shape index (κ1) is 22.4. The van der Waals surface area contributed by atoms with Gasteiger partial charge in [0.05, 0.1) is 4.90 Å². The third-order valence-corrected chi connectivity index (χ3v) is 6.42. The molecule has 2 aromatic rings. The number of amides is 1. The second-order valence-electron chi connectivity index (χ2n) is 6.42. The monoisotopic (exact) mass is 467 g/mol. The van der Waals surface area contributed by atoms with Gasteiger partial charge in [0.1, 0.15) is 0 Å². The number of sulfonamides is 1. The molecule has 0 bridgehead atoms. The van der Waals surface area contributed by atoms with Crippen LogP contribution in [-0.2, 0) is 10.0 Å². The van der Waals surface area contributed by atoms with Crippen LogP contribution in [0.4, 0.5) is 5.69 Å². The minimum atomic E-state index is -3.73. The molecule has 0 aliphatic carbocycles. The van der Waals surface area contributed by atoms with Gasteiger partial charge in [-0.3, -0.25) is 14.4 Å². The Balaban J connectivity index is 2.07. The molecule has 0 spiro atoms. The van der Waals surface area contributed by atoms with Crippen LogP contribution in [0.3, 0.4) is 0 Å². The van der Waals surface area contributed by atoms with E-state index in [-0.39, 0.29) is 16.8 Å². The number of benzene rings is 2. The Labute approximate surface area is 175 Å². The molecule has 2 rings (SSSR count). The van der Waals surface area contributed by atoms with E-state index in [4.69, 9.17) is 0 Å². The molecule has 0 aromatic heterocycles. The third-order valence-electron chi connectivity index (χ3n) is 4.49. The van der Waals surface area contributed by atoms with E-state index in [0.29, 0.717) is 17.8 Å². The van der Waals surface area contributed by atoms with E-state index in [1.807, 2.05) is 0 Å². The average Bonchev–Trinajstić information content (AvgIpc) is 2.67. The molecule has 0 fully saturated rings. The molecule has 6 nitrogen and oxygen atoms in total. The van der Waals surface area contributed by atoms with Crippen molar-refractivity contribution in [2.45, 2.75) is 31.7 Å². The van der Waals surface area contributed by atoms with Gasteiger partial charge >= 0.3 is 0 Å². The lowest BCUT2D eigenvalue weighted by Gasteiger charge is -2.26. The summed E-state index contributed by atoms with van der Waals surface area (Å²) in [5.74, 6) is -0.233. The number of nitrogens with zero attached hydrogens (tertiary/aromatic N) is 1. The summed E-state index contributed by atoms with van der Waals surface area (Å²) in [4.78, 5) is 14.9. The van der Waals surface area contributed by atoms with Gasteiger partial charge in [0, 0.05) is 28.3 Å². The second kappa shape index (κ2) is 10.0. The maximum absolute atomic E-state index is 12.5. The van der Waals surface area contributed by atoms with Crippen molar-refractivity contribution in [1.82, 2.24) is 10.2 Å². The van der Waals surface area contributed by atoms with Gasteiger partial charge in [0.25, 0.3) is 15.9 Å². The quantitative estimate of drug-likeness (QED) is 0.588. The number of hydrogen-bond donors (Lipinski definition) is 2. The van der Waals surface area contributed by atoms with Crippen LogP contribution in [-0.4, -0.2) is 44.9 Å². The highest BCUT2D eigenvalue weighted by Crippen LogP contribution is 2.19. The fraction of sp³-hybridized carbons (Fsp3) is 0.350. The number of halogens is 1. The Morgan fingerprint density at radius 3 is 2.36 bits per heavy atom. The lowest BCUT2D eigenvalue weighted by molar-refractivity contribution is 0.0938. The minimum Gasteiger partial charge on any atom is -0.350 e. The van der Waals surface area contributed by atoms with Crippen LogP contribution < -0.4 is 10.0 Å². The number of carbonyl (C=O) groups is 1. The SMILES string of the molecule is CCN(CC)C(C)CNC(=O)c1cccc(NS(=O)(=O)c2ccc(Br)cc2)c1. The first-order valence-corrected chi connectivity index (χ1v) is 11.4. The molecule has 0 heterocycles. The molecule has 152 valence electrons. The van der Waals surface area contributed by atoms with E-state index in [1.165, 1.54) is 18.2 Å². The van der Waals surface area contributed by atoms with Crippen LogP contribution >= 0.6 is 15.9 Å². The summed E-state index contributed by atoms with van der Waals surface area (Å²) < 4.78 is 28.4. The summed E-state index contributed by atoms with van der Waals surface area (Å²) in [7, 11) is -3.73. The van der Waals surface area contributed by atoms with Crippen molar-refractivity contribution in [2.24, 2.45) is 0 Å². The lowest BCUT2D eigenvalue weighted by atomic mass is 10.2. The first-order valence-electron chi connectivity index (χ1n) is 9.17. The van der Waals surface area contributed by atoms with E-state index in [9.17, 15) is 13.2 Å². The highest BCUT2D eigenvalue weighted by atomic mass is 79.9. The lowest BCUT2D eigenvalue weighted by Crippen LogP contribution is -2.42. The molecule has 2 N–H and O–H groups in total. The Kier molecular flexibility index (Phi) is 8.03. The molecular formula is C20H26BrN3O3S. The van der Waals surface area contributed by atoms with Gasteiger partial charge in [-0.15, -0.1) is 0 Å². The van der Waals surface area contributed by atoms with Crippen LogP contribution in [0.2, 0.25) is 0 Å². The molecule has 0 saturated heterocycles. The Morgan fingerprint density at radius 2 is 1.75 bits per heavy atom. The van der Waals surface area contributed by atoms with Crippen molar-refractivity contribution >= 4 is 37.5 Å². The molecule has 0 aliphatic rings. The van der Waals surface area contributed by atoms with Crippen molar-refractivity contribution in [3.05, 3.63) is 58.6 Å². The number of hydrogen-bond acceptors (Lipinski definition) is 4. The second-order valence-corrected chi connectivity index (χ2v) is 9.02. The van der Waals surface area contributed by atoms with Crippen molar-refractivity contribution in [2.75, 3.05) is 24.4 Å². The molecule has 2 aromatic carbocycles. The topological polar surface area (TPSA) is 78.5 Å². The zero-order valence-electron chi connectivity index (χ0n) is 16.3. The fourth-order valence-electron chi connectivity index (χ4n) is 2.87. The number of carbonyl (C=O) groups excluding carboxylic acids is 1. The van der Waals surface area contributed by atoms with Gasteiger partial charge in [-0.25, -0.2) is 8.42 Å². The van der Waals surface area contributed by atoms with Gasteiger partial charge in [-0.1, -0.05) is 35.8 Å². The molecule has 1 unspecified atom stereocenters. The minimum absolute atomic E-state index is 0.151. The predicted octanol–water partition coefficient (Wildman–Crippen LogP) is 3.71. The Bertz CT molecular complexity index is 897. The predicted molar refractivity (Wildman–Crippen MR) is 116 cm³/mol. The standard InChI is InChI=1S/C20H26BrN3O3S/c1-4-24(5-2)15(3)14-22-20(25)16-7-6-8-18(13-16)23-28(26,27)19-11-9-17(21)10-12-19/h6-13,15,23H,4-5,14H2,1-3H3,(H,22,25). The van der Waals surface area contributed by atoms with Crippen LogP contribution in [0.1, 0.15) is 31.1 Å². The smallest absolute Gasteiger partial charge is 0.261 e. The molecule has 28 heavy (non-hydrogen) atoms. The van der Waals surface area contributed by atoms with E-state index in [1.54, 1.807) is 30.3 Å². The van der Waals surface area contributed by atoms with Crippen LogP contribution in [0, 0.1) is 0 Å². The third kappa shape index (κ3) is 6.05. The van der Waals surface area contributed by atoms with Crippen LogP contribution in [0.5, 0.6) is 0 Å². The Morgan fingerprint density at radius 1 is 1.11 bits per heavy atom. The maximum Gasteiger partial charge on any atom is 0.261 e. The van der Waals surface area contributed by atoms with Gasteiger partial charge in [-0.05, 0) is 62.5 Å².